The number of benzene rings is 1. The van der Waals surface area contributed by atoms with Gasteiger partial charge in [-0.25, -0.2) is 0 Å². The number of aliphatic carboxylic acids is 1. The van der Waals surface area contributed by atoms with Crippen LogP contribution in [-0.2, 0) is 16.0 Å². The fourth-order valence-corrected chi connectivity index (χ4v) is 1.32. The third kappa shape index (κ3) is 4.14. The van der Waals surface area contributed by atoms with Crippen LogP contribution >= 0.6 is 0 Å². The van der Waals surface area contributed by atoms with Gasteiger partial charge in [0, 0.05) is 0 Å². The number of carbonyl (C=O) groups excluding carboxylic acids is 1. The lowest BCUT2D eigenvalue weighted by molar-refractivity contribution is -0.141. The topological polar surface area (TPSA) is 75.6 Å². The molecule has 0 aliphatic heterocycles. The molecular weight excluding hydrogens is 222 g/mol. The normalized spacial score (nSPS) is 11.6. The predicted molar refractivity (Wildman–Crippen MR) is 61.9 cm³/mol. The molecule has 0 aliphatic rings. The van der Waals surface area contributed by atoms with Crippen molar-refractivity contribution in [1.29, 1.82) is 0 Å². The SMILES string of the molecule is COc1cccc(CC(=O)N[C@@H](C)C(=O)O)c1. The van der Waals surface area contributed by atoms with Crippen LogP contribution in [0.15, 0.2) is 24.3 Å². The average molecular weight is 237 g/mol. The number of rotatable bonds is 5. The number of carboxylic acid groups (broad SMARTS) is 1. The van der Waals surface area contributed by atoms with Gasteiger partial charge in [0.15, 0.2) is 0 Å². The van der Waals surface area contributed by atoms with Crippen molar-refractivity contribution in [2.75, 3.05) is 7.11 Å². The highest BCUT2D eigenvalue weighted by molar-refractivity contribution is 5.84. The van der Waals surface area contributed by atoms with E-state index in [2.05, 4.69) is 5.32 Å². The smallest absolute Gasteiger partial charge is 0.325 e. The number of amides is 1. The van der Waals surface area contributed by atoms with E-state index in [-0.39, 0.29) is 12.3 Å². The standard InChI is InChI=1S/C12H15NO4/c1-8(12(15)16)13-11(14)7-9-4-3-5-10(6-9)17-2/h3-6,8H,7H2,1-2H3,(H,13,14)(H,15,16)/t8-/m0/s1. The minimum Gasteiger partial charge on any atom is -0.497 e. The van der Waals surface area contributed by atoms with Crippen LogP contribution in [0.4, 0.5) is 0 Å². The molecule has 0 aromatic heterocycles. The maximum atomic E-state index is 11.5. The number of carbonyl (C=O) groups is 2. The summed E-state index contributed by atoms with van der Waals surface area (Å²) in [6.45, 7) is 1.42. The van der Waals surface area contributed by atoms with Crippen LogP contribution < -0.4 is 10.1 Å². The number of carboxylic acids is 1. The van der Waals surface area contributed by atoms with Crippen molar-refractivity contribution in [2.24, 2.45) is 0 Å². The summed E-state index contributed by atoms with van der Waals surface area (Å²) in [7, 11) is 1.55. The zero-order valence-electron chi connectivity index (χ0n) is 9.77. The van der Waals surface area contributed by atoms with Gasteiger partial charge in [0.25, 0.3) is 0 Å². The van der Waals surface area contributed by atoms with E-state index in [9.17, 15) is 9.59 Å². The summed E-state index contributed by atoms with van der Waals surface area (Å²) in [5.74, 6) is -0.710. The van der Waals surface area contributed by atoms with E-state index >= 15 is 0 Å². The molecule has 0 unspecified atom stereocenters. The first kappa shape index (κ1) is 13.0. The molecule has 1 atom stereocenters. The van der Waals surface area contributed by atoms with Gasteiger partial charge in [-0.2, -0.15) is 0 Å². The van der Waals surface area contributed by atoms with Gasteiger partial charge in [-0.1, -0.05) is 12.1 Å². The molecule has 0 spiro atoms. The van der Waals surface area contributed by atoms with Crippen molar-refractivity contribution < 1.29 is 19.4 Å². The van der Waals surface area contributed by atoms with Crippen molar-refractivity contribution in [1.82, 2.24) is 5.32 Å². The van der Waals surface area contributed by atoms with Crippen LogP contribution in [-0.4, -0.2) is 30.1 Å². The molecule has 0 bridgehead atoms. The number of ether oxygens (including phenoxy) is 1. The first-order chi connectivity index (χ1) is 8.02. The summed E-state index contributed by atoms with van der Waals surface area (Å²) in [5.41, 5.74) is 0.777. The van der Waals surface area contributed by atoms with Crippen molar-refractivity contribution >= 4 is 11.9 Å². The lowest BCUT2D eigenvalue weighted by Crippen LogP contribution is -2.39. The van der Waals surface area contributed by atoms with Gasteiger partial charge in [-0.05, 0) is 24.6 Å². The molecule has 0 saturated heterocycles. The van der Waals surface area contributed by atoms with Crippen LogP contribution in [0.5, 0.6) is 5.75 Å². The highest BCUT2D eigenvalue weighted by Crippen LogP contribution is 2.12. The summed E-state index contributed by atoms with van der Waals surface area (Å²) in [6, 6.07) is 6.20. The zero-order chi connectivity index (χ0) is 12.8. The predicted octanol–water partition coefficient (Wildman–Crippen LogP) is 0.827. The highest BCUT2D eigenvalue weighted by atomic mass is 16.5. The lowest BCUT2D eigenvalue weighted by atomic mass is 10.1. The maximum Gasteiger partial charge on any atom is 0.325 e. The van der Waals surface area contributed by atoms with E-state index in [1.807, 2.05) is 0 Å². The molecule has 1 amide bonds. The Morgan fingerprint density at radius 3 is 2.76 bits per heavy atom. The largest absolute Gasteiger partial charge is 0.497 e. The molecule has 0 fully saturated rings. The molecule has 0 aliphatic carbocycles. The van der Waals surface area contributed by atoms with Crippen molar-refractivity contribution in [3.63, 3.8) is 0 Å². The first-order valence-electron chi connectivity index (χ1n) is 5.18. The van der Waals surface area contributed by atoms with Crippen molar-refractivity contribution in [3.8, 4) is 5.75 Å². The number of methoxy groups -OCH3 is 1. The third-order valence-corrected chi connectivity index (χ3v) is 2.25. The van der Waals surface area contributed by atoms with E-state index < -0.39 is 12.0 Å². The summed E-state index contributed by atoms with van der Waals surface area (Å²) in [5, 5.41) is 11.0. The van der Waals surface area contributed by atoms with Gasteiger partial charge in [-0.3, -0.25) is 9.59 Å². The van der Waals surface area contributed by atoms with Gasteiger partial charge in [-0.15, -0.1) is 0 Å². The minimum absolute atomic E-state index is 0.134. The Labute approximate surface area is 99.4 Å². The number of nitrogens with one attached hydrogen (secondary N) is 1. The molecule has 1 aromatic rings. The molecule has 0 heterocycles. The summed E-state index contributed by atoms with van der Waals surface area (Å²) < 4.78 is 5.03. The molecule has 17 heavy (non-hydrogen) atoms. The minimum atomic E-state index is -1.05. The van der Waals surface area contributed by atoms with E-state index in [1.165, 1.54) is 6.92 Å². The fraction of sp³-hybridized carbons (Fsp3) is 0.333. The Bertz CT molecular complexity index is 417. The van der Waals surface area contributed by atoms with Gasteiger partial charge in [0.1, 0.15) is 11.8 Å². The lowest BCUT2D eigenvalue weighted by Gasteiger charge is -2.09. The molecule has 2 N–H and O–H groups in total. The van der Waals surface area contributed by atoms with Crippen LogP contribution in [0, 0.1) is 0 Å². The van der Waals surface area contributed by atoms with Gasteiger partial charge in [0.05, 0.1) is 13.5 Å². The van der Waals surface area contributed by atoms with Crippen LogP contribution in [0.2, 0.25) is 0 Å². The second-order valence-corrected chi connectivity index (χ2v) is 3.66. The number of hydrogen-bond acceptors (Lipinski definition) is 3. The van der Waals surface area contributed by atoms with Gasteiger partial charge >= 0.3 is 5.97 Å². The van der Waals surface area contributed by atoms with Crippen LogP contribution in [0.25, 0.3) is 0 Å². The zero-order valence-corrected chi connectivity index (χ0v) is 9.77. The first-order valence-corrected chi connectivity index (χ1v) is 5.18. The molecular formula is C12H15NO4. The Morgan fingerprint density at radius 2 is 2.18 bits per heavy atom. The van der Waals surface area contributed by atoms with E-state index in [0.29, 0.717) is 5.75 Å². The van der Waals surface area contributed by atoms with Crippen LogP contribution in [0.1, 0.15) is 12.5 Å². The summed E-state index contributed by atoms with van der Waals surface area (Å²) in [6.07, 6.45) is 0.134. The van der Waals surface area contributed by atoms with E-state index in [4.69, 9.17) is 9.84 Å². The Balaban J connectivity index is 2.58. The molecule has 5 heteroatoms. The highest BCUT2D eigenvalue weighted by Gasteiger charge is 2.14. The third-order valence-electron chi connectivity index (χ3n) is 2.25. The summed E-state index contributed by atoms with van der Waals surface area (Å²) >= 11 is 0. The maximum absolute atomic E-state index is 11.5. The average Bonchev–Trinajstić information content (AvgIpc) is 2.28. The molecule has 1 rings (SSSR count). The van der Waals surface area contributed by atoms with Gasteiger partial charge in [0.2, 0.25) is 5.91 Å². The molecule has 0 radical (unpaired) electrons. The fourth-order valence-electron chi connectivity index (χ4n) is 1.32. The molecule has 0 saturated carbocycles. The molecule has 92 valence electrons. The van der Waals surface area contributed by atoms with Crippen molar-refractivity contribution in [2.45, 2.75) is 19.4 Å². The Morgan fingerprint density at radius 1 is 1.47 bits per heavy atom. The Hall–Kier alpha value is -2.04. The second kappa shape index (κ2) is 5.89. The monoisotopic (exact) mass is 237 g/mol. The van der Waals surface area contributed by atoms with E-state index in [1.54, 1.807) is 31.4 Å². The van der Waals surface area contributed by atoms with Crippen LogP contribution in [0.3, 0.4) is 0 Å². The van der Waals surface area contributed by atoms with E-state index in [0.717, 1.165) is 5.56 Å². The molecule has 5 nitrogen and oxygen atoms in total. The molecule has 1 aromatic carbocycles. The Kier molecular flexibility index (Phi) is 4.51. The van der Waals surface area contributed by atoms with Crippen molar-refractivity contribution in [3.05, 3.63) is 29.8 Å². The number of hydrogen-bond donors (Lipinski definition) is 2. The summed E-state index contributed by atoms with van der Waals surface area (Å²) in [4.78, 5) is 22.1. The van der Waals surface area contributed by atoms with Gasteiger partial charge < -0.3 is 15.2 Å². The second-order valence-electron chi connectivity index (χ2n) is 3.66. The quantitative estimate of drug-likeness (QED) is 0.795.